The van der Waals surface area contributed by atoms with Crippen LogP contribution >= 0.6 is 0 Å². The van der Waals surface area contributed by atoms with Crippen LogP contribution in [0.5, 0.6) is 0 Å². The van der Waals surface area contributed by atoms with Crippen LogP contribution in [0.25, 0.3) is 0 Å². The second kappa shape index (κ2) is 4.93. The minimum absolute atomic E-state index is 0.464. The van der Waals surface area contributed by atoms with Gasteiger partial charge in [0.1, 0.15) is 0 Å². The fourth-order valence-corrected chi connectivity index (χ4v) is 0.725. The van der Waals surface area contributed by atoms with Gasteiger partial charge in [-0.2, -0.15) is 0 Å². The third-order valence-corrected chi connectivity index (χ3v) is 1.91. The zero-order valence-electron chi connectivity index (χ0n) is 7.67. The van der Waals surface area contributed by atoms with Gasteiger partial charge in [0.2, 0.25) is 0 Å². The molecule has 0 spiro atoms. The molecule has 1 atom stereocenters. The minimum Gasteiger partial charge on any atom is -0.481 e. The van der Waals surface area contributed by atoms with Gasteiger partial charge in [0.15, 0.2) is 0 Å². The summed E-state index contributed by atoms with van der Waals surface area (Å²) in [5.74, 6) is -0.850. The van der Waals surface area contributed by atoms with E-state index in [4.69, 9.17) is 9.84 Å². The molecule has 0 rings (SSSR count). The molecule has 0 aliphatic rings. The summed E-state index contributed by atoms with van der Waals surface area (Å²) in [5.41, 5.74) is -0.852. The van der Waals surface area contributed by atoms with E-state index in [0.717, 1.165) is 0 Å². The van der Waals surface area contributed by atoms with E-state index < -0.39 is 11.4 Å². The van der Waals surface area contributed by atoms with Crippen LogP contribution in [0.3, 0.4) is 0 Å². The second-order valence-corrected chi connectivity index (χ2v) is 2.87. The molecule has 0 aromatic heterocycles. The van der Waals surface area contributed by atoms with Crippen LogP contribution in [0, 0.1) is 5.41 Å². The van der Waals surface area contributed by atoms with Gasteiger partial charge < -0.3 is 9.84 Å². The Labute approximate surface area is 73.0 Å². The molecule has 1 unspecified atom stereocenters. The number of rotatable bonds is 6. The van der Waals surface area contributed by atoms with E-state index >= 15 is 0 Å². The Kier molecular flexibility index (Phi) is 4.59. The summed E-state index contributed by atoms with van der Waals surface area (Å²) in [6.45, 7) is 8.10. The molecule has 1 N–H and O–H groups in total. The maximum absolute atomic E-state index is 10.7. The zero-order valence-corrected chi connectivity index (χ0v) is 7.67. The first kappa shape index (κ1) is 11.2. The summed E-state index contributed by atoms with van der Waals surface area (Å²) in [4.78, 5) is 10.7. The third-order valence-electron chi connectivity index (χ3n) is 1.91. The van der Waals surface area contributed by atoms with Gasteiger partial charge in [-0.1, -0.05) is 6.08 Å². The van der Waals surface area contributed by atoms with Crippen LogP contribution in [0.15, 0.2) is 12.7 Å². The molecule has 0 heterocycles. The SMILES string of the molecule is C=CC(C)(CCOCC)C(=O)O. The van der Waals surface area contributed by atoms with Crippen molar-refractivity contribution in [2.45, 2.75) is 20.3 Å². The van der Waals surface area contributed by atoms with Crippen molar-refractivity contribution in [3.63, 3.8) is 0 Å². The van der Waals surface area contributed by atoms with E-state index in [-0.39, 0.29) is 0 Å². The van der Waals surface area contributed by atoms with Crippen LogP contribution in [0.2, 0.25) is 0 Å². The summed E-state index contributed by atoms with van der Waals surface area (Å²) < 4.78 is 5.07. The van der Waals surface area contributed by atoms with Crippen molar-refractivity contribution in [3.8, 4) is 0 Å². The lowest BCUT2D eigenvalue weighted by Crippen LogP contribution is -2.26. The first-order chi connectivity index (χ1) is 5.56. The first-order valence-corrected chi connectivity index (χ1v) is 4.01. The van der Waals surface area contributed by atoms with Gasteiger partial charge in [-0.05, 0) is 20.3 Å². The number of ether oxygens (including phenoxy) is 1. The number of aliphatic carboxylic acids is 1. The Morgan fingerprint density at radius 2 is 2.33 bits per heavy atom. The van der Waals surface area contributed by atoms with Gasteiger partial charge in [0, 0.05) is 13.2 Å². The highest BCUT2D eigenvalue weighted by atomic mass is 16.5. The first-order valence-electron chi connectivity index (χ1n) is 4.01. The highest BCUT2D eigenvalue weighted by molar-refractivity contribution is 5.76. The minimum atomic E-state index is -0.852. The number of hydrogen-bond donors (Lipinski definition) is 1. The maximum atomic E-state index is 10.7. The average Bonchev–Trinajstić information content (AvgIpc) is 2.04. The average molecular weight is 172 g/mol. The zero-order chi connectivity index (χ0) is 9.61. The van der Waals surface area contributed by atoms with E-state index in [0.29, 0.717) is 19.6 Å². The molecular formula is C9H16O3. The van der Waals surface area contributed by atoms with Crippen LogP contribution in [0.1, 0.15) is 20.3 Å². The molecule has 3 heteroatoms. The summed E-state index contributed by atoms with van der Waals surface area (Å²) in [7, 11) is 0. The largest absolute Gasteiger partial charge is 0.481 e. The van der Waals surface area contributed by atoms with Gasteiger partial charge in [-0.25, -0.2) is 0 Å². The van der Waals surface area contributed by atoms with Gasteiger partial charge in [-0.3, -0.25) is 4.79 Å². The molecule has 0 aromatic carbocycles. The Morgan fingerprint density at radius 3 is 2.67 bits per heavy atom. The molecular weight excluding hydrogens is 156 g/mol. The quantitative estimate of drug-likeness (QED) is 0.490. The van der Waals surface area contributed by atoms with Crippen LogP contribution in [-0.2, 0) is 9.53 Å². The standard InChI is InChI=1S/C9H16O3/c1-4-9(3,8(10)11)6-7-12-5-2/h4H,1,5-7H2,2-3H3,(H,10,11). The van der Waals surface area contributed by atoms with Crippen molar-refractivity contribution in [2.24, 2.45) is 5.41 Å². The summed E-state index contributed by atoms with van der Waals surface area (Å²) in [6.07, 6.45) is 1.92. The lowest BCUT2D eigenvalue weighted by atomic mass is 9.88. The fourth-order valence-electron chi connectivity index (χ4n) is 0.725. The summed E-state index contributed by atoms with van der Waals surface area (Å²) >= 11 is 0. The van der Waals surface area contributed by atoms with Crippen molar-refractivity contribution < 1.29 is 14.6 Å². The van der Waals surface area contributed by atoms with Crippen LogP contribution < -0.4 is 0 Å². The molecule has 0 saturated carbocycles. The van der Waals surface area contributed by atoms with Crippen molar-refractivity contribution in [3.05, 3.63) is 12.7 Å². The molecule has 0 amide bonds. The predicted molar refractivity (Wildman–Crippen MR) is 47.0 cm³/mol. The Hall–Kier alpha value is -0.830. The summed E-state index contributed by atoms with van der Waals surface area (Å²) in [5, 5.41) is 8.81. The number of hydrogen-bond acceptors (Lipinski definition) is 2. The number of carboxylic acids is 1. The third kappa shape index (κ3) is 3.05. The summed E-state index contributed by atoms with van der Waals surface area (Å²) in [6, 6.07) is 0. The highest BCUT2D eigenvalue weighted by Crippen LogP contribution is 2.22. The molecule has 0 fully saturated rings. The normalized spacial score (nSPS) is 15.2. The van der Waals surface area contributed by atoms with E-state index in [1.807, 2.05) is 6.92 Å². The molecule has 70 valence electrons. The molecule has 0 aliphatic heterocycles. The Balaban J connectivity index is 3.97. The van der Waals surface area contributed by atoms with Crippen molar-refractivity contribution >= 4 is 5.97 Å². The number of carboxylic acid groups (broad SMARTS) is 1. The molecule has 0 radical (unpaired) electrons. The van der Waals surface area contributed by atoms with Gasteiger partial charge in [0.05, 0.1) is 5.41 Å². The molecule has 0 bridgehead atoms. The molecule has 0 saturated heterocycles. The Bertz CT molecular complexity index is 165. The Morgan fingerprint density at radius 1 is 1.75 bits per heavy atom. The second-order valence-electron chi connectivity index (χ2n) is 2.87. The van der Waals surface area contributed by atoms with Crippen molar-refractivity contribution in [2.75, 3.05) is 13.2 Å². The van der Waals surface area contributed by atoms with E-state index in [1.54, 1.807) is 6.92 Å². The lowest BCUT2D eigenvalue weighted by molar-refractivity contribution is -0.146. The molecule has 0 aliphatic carbocycles. The molecule has 12 heavy (non-hydrogen) atoms. The topological polar surface area (TPSA) is 46.5 Å². The van der Waals surface area contributed by atoms with Crippen LogP contribution in [-0.4, -0.2) is 24.3 Å². The predicted octanol–water partition coefficient (Wildman–Crippen LogP) is 1.69. The highest BCUT2D eigenvalue weighted by Gasteiger charge is 2.28. The van der Waals surface area contributed by atoms with Gasteiger partial charge in [0.25, 0.3) is 0 Å². The van der Waals surface area contributed by atoms with Gasteiger partial charge in [-0.15, -0.1) is 6.58 Å². The van der Waals surface area contributed by atoms with E-state index in [2.05, 4.69) is 6.58 Å². The van der Waals surface area contributed by atoms with Crippen molar-refractivity contribution in [1.29, 1.82) is 0 Å². The smallest absolute Gasteiger partial charge is 0.313 e. The molecule has 0 aromatic rings. The van der Waals surface area contributed by atoms with Crippen molar-refractivity contribution in [1.82, 2.24) is 0 Å². The van der Waals surface area contributed by atoms with Crippen LogP contribution in [0.4, 0.5) is 0 Å². The molecule has 3 nitrogen and oxygen atoms in total. The monoisotopic (exact) mass is 172 g/mol. The maximum Gasteiger partial charge on any atom is 0.313 e. The number of carbonyl (C=O) groups is 1. The van der Waals surface area contributed by atoms with E-state index in [9.17, 15) is 4.79 Å². The fraction of sp³-hybridized carbons (Fsp3) is 0.667. The van der Waals surface area contributed by atoms with E-state index in [1.165, 1.54) is 6.08 Å². The van der Waals surface area contributed by atoms with Gasteiger partial charge >= 0.3 is 5.97 Å². The lowest BCUT2D eigenvalue weighted by Gasteiger charge is -2.19.